The number of nitrogens with zero attached hydrogens (tertiary/aromatic N) is 3. The Bertz CT molecular complexity index is 911. The van der Waals surface area contributed by atoms with Crippen LogP contribution in [0.5, 0.6) is 11.5 Å². The minimum Gasteiger partial charge on any atom is -0.490 e. The molecular formula is C19H19N3O2S. The Kier molecular flexibility index (Phi) is 3.70. The molecule has 2 aromatic heterocycles. The first-order chi connectivity index (χ1) is 12.4. The molecule has 3 aromatic rings. The van der Waals surface area contributed by atoms with Gasteiger partial charge in [-0.15, -0.1) is 11.3 Å². The molecule has 0 saturated carbocycles. The van der Waals surface area contributed by atoms with Gasteiger partial charge in [0.2, 0.25) is 0 Å². The quantitative estimate of drug-likeness (QED) is 0.691. The summed E-state index contributed by atoms with van der Waals surface area (Å²) in [7, 11) is 0. The van der Waals surface area contributed by atoms with Crippen LogP contribution >= 0.6 is 11.3 Å². The van der Waals surface area contributed by atoms with Gasteiger partial charge in [0.05, 0.1) is 24.6 Å². The average molecular weight is 353 g/mol. The zero-order valence-corrected chi connectivity index (χ0v) is 14.7. The topological polar surface area (TPSA) is 47.5 Å². The summed E-state index contributed by atoms with van der Waals surface area (Å²) in [6.45, 7) is 2.45. The van der Waals surface area contributed by atoms with Gasteiger partial charge in [-0.3, -0.25) is 0 Å². The molecule has 0 spiro atoms. The van der Waals surface area contributed by atoms with Crippen LogP contribution in [0, 0.1) is 0 Å². The molecule has 1 atom stereocenters. The molecule has 1 aromatic carbocycles. The van der Waals surface area contributed by atoms with Crippen LogP contribution in [0.15, 0.2) is 36.0 Å². The van der Waals surface area contributed by atoms with E-state index in [1.165, 1.54) is 5.56 Å². The Balaban J connectivity index is 1.53. The number of hydrogen-bond acceptors (Lipinski definition) is 6. The van der Waals surface area contributed by atoms with Crippen LogP contribution in [-0.2, 0) is 0 Å². The Hall–Kier alpha value is -2.34. The maximum atomic E-state index is 5.88. The summed E-state index contributed by atoms with van der Waals surface area (Å²) in [6.07, 6.45) is 4.89. The van der Waals surface area contributed by atoms with Crippen molar-refractivity contribution in [2.24, 2.45) is 0 Å². The second kappa shape index (κ2) is 6.19. The summed E-state index contributed by atoms with van der Waals surface area (Å²) < 4.78 is 11.6. The number of fused-ring (bicyclic) bond motifs is 2. The van der Waals surface area contributed by atoms with Crippen LogP contribution in [0.2, 0.25) is 0 Å². The normalized spacial score (nSPS) is 20.0. The van der Waals surface area contributed by atoms with Crippen LogP contribution in [0.3, 0.4) is 0 Å². The summed E-state index contributed by atoms with van der Waals surface area (Å²) in [4.78, 5) is 12.5. The van der Waals surface area contributed by atoms with Crippen LogP contribution in [0.25, 0.3) is 10.2 Å². The number of thiophene rings is 1. The SMILES string of the molecule is c1nc(N2CCCC2c2ccc3c(c2)OCCCO3)c2ccsc2n1. The second-order valence-electron chi connectivity index (χ2n) is 6.44. The number of rotatable bonds is 2. The molecular weight excluding hydrogens is 334 g/mol. The van der Waals surface area contributed by atoms with E-state index in [4.69, 9.17) is 9.47 Å². The largest absolute Gasteiger partial charge is 0.490 e. The highest BCUT2D eigenvalue weighted by atomic mass is 32.1. The lowest BCUT2D eigenvalue weighted by Crippen LogP contribution is -2.23. The molecule has 4 heterocycles. The first-order valence-electron chi connectivity index (χ1n) is 8.74. The third-order valence-electron chi connectivity index (χ3n) is 4.92. The molecule has 6 heteroatoms. The standard InChI is InChI=1S/C19H19N3O2S/c1-3-15(13-4-5-16-17(11-13)24-9-2-8-23-16)22(7-1)18-14-6-10-25-19(14)21-12-20-18/h4-6,10-12,15H,1-3,7-9H2. The van der Waals surface area contributed by atoms with Crippen LogP contribution in [0.1, 0.15) is 30.9 Å². The van der Waals surface area contributed by atoms with Crippen molar-refractivity contribution in [3.8, 4) is 11.5 Å². The minimum absolute atomic E-state index is 0.315. The van der Waals surface area contributed by atoms with Gasteiger partial charge in [-0.05, 0) is 42.0 Å². The molecule has 1 fully saturated rings. The van der Waals surface area contributed by atoms with Gasteiger partial charge >= 0.3 is 0 Å². The van der Waals surface area contributed by atoms with Crippen molar-refractivity contribution in [1.82, 2.24) is 9.97 Å². The molecule has 128 valence electrons. The number of anilines is 1. The van der Waals surface area contributed by atoms with Crippen LogP contribution in [0.4, 0.5) is 5.82 Å². The summed E-state index contributed by atoms with van der Waals surface area (Å²) in [6, 6.07) is 8.80. The molecule has 0 N–H and O–H groups in total. The predicted molar refractivity (Wildman–Crippen MR) is 98.8 cm³/mol. The van der Waals surface area contributed by atoms with Gasteiger partial charge in [0.25, 0.3) is 0 Å². The monoisotopic (exact) mass is 353 g/mol. The molecule has 25 heavy (non-hydrogen) atoms. The predicted octanol–water partition coefficient (Wildman–Crippen LogP) is 4.19. The lowest BCUT2D eigenvalue weighted by atomic mass is 10.0. The second-order valence-corrected chi connectivity index (χ2v) is 7.34. The molecule has 0 amide bonds. The highest BCUT2D eigenvalue weighted by molar-refractivity contribution is 7.16. The molecule has 5 rings (SSSR count). The van der Waals surface area contributed by atoms with Crippen molar-refractivity contribution in [3.05, 3.63) is 41.5 Å². The minimum atomic E-state index is 0.315. The highest BCUT2D eigenvalue weighted by Crippen LogP contribution is 2.41. The molecule has 0 radical (unpaired) electrons. The number of ether oxygens (including phenoxy) is 2. The van der Waals surface area contributed by atoms with Gasteiger partial charge in [-0.25, -0.2) is 9.97 Å². The van der Waals surface area contributed by atoms with Gasteiger partial charge < -0.3 is 14.4 Å². The average Bonchev–Trinajstić information content (AvgIpc) is 3.26. The van der Waals surface area contributed by atoms with Crippen molar-refractivity contribution in [2.75, 3.05) is 24.7 Å². The fourth-order valence-corrected chi connectivity index (χ4v) is 4.49. The Labute approximate surface area is 150 Å². The van der Waals surface area contributed by atoms with E-state index in [0.717, 1.165) is 59.9 Å². The van der Waals surface area contributed by atoms with Crippen molar-refractivity contribution < 1.29 is 9.47 Å². The molecule has 1 saturated heterocycles. The Morgan fingerprint density at radius 1 is 1.04 bits per heavy atom. The first kappa shape index (κ1) is 15.0. The van der Waals surface area contributed by atoms with E-state index in [1.54, 1.807) is 17.7 Å². The van der Waals surface area contributed by atoms with Crippen molar-refractivity contribution in [2.45, 2.75) is 25.3 Å². The summed E-state index contributed by atoms with van der Waals surface area (Å²) in [5, 5.41) is 3.23. The van der Waals surface area contributed by atoms with E-state index in [2.05, 4.69) is 38.4 Å². The number of benzene rings is 1. The fourth-order valence-electron chi connectivity index (χ4n) is 3.76. The third-order valence-corrected chi connectivity index (χ3v) is 5.74. The summed E-state index contributed by atoms with van der Waals surface area (Å²) in [5.74, 6) is 2.76. The van der Waals surface area contributed by atoms with Gasteiger partial charge in [-0.2, -0.15) is 0 Å². The maximum absolute atomic E-state index is 5.88. The zero-order chi connectivity index (χ0) is 16.6. The van der Waals surface area contributed by atoms with E-state index in [9.17, 15) is 0 Å². The highest BCUT2D eigenvalue weighted by Gasteiger charge is 2.29. The van der Waals surface area contributed by atoms with Gasteiger partial charge in [-0.1, -0.05) is 6.07 Å². The first-order valence-corrected chi connectivity index (χ1v) is 9.62. The van der Waals surface area contributed by atoms with E-state index in [0.29, 0.717) is 12.6 Å². The molecule has 0 aliphatic carbocycles. The van der Waals surface area contributed by atoms with Crippen LogP contribution in [-0.4, -0.2) is 29.7 Å². The Morgan fingerprint density at radius 3 is 2.92 bits per heavy atom. The summed E-state index contributed by atoms with van der Waals surface area (Å²) >= 11 is 1.66. The molecule has 2 aliphatic heterocycles. The lowest BCUT2D eigenvalue weighted by Gasteiger charge is -2.27. The molecule has 5 nitrogen and oxygen atoms in total. The van der Waals surface area contributed by atoms with E-state index < -0.39 is 0 Å². The van der Waals surface area contributed by atoms with E-state index in [-0.39, 0.29) is 0 Å². The van der Waals surface area contributed by atoms with Crippen molar-refractivity contribution >= 4 is 27.4 Å². The number of aromatic nitrogens is 2. The Morgan fingerprint density at radius 2 is 1.96 bits per heavy atom. The third kappa shape index (κ3) is 2.61. The fraction of sp³-hybridized carbons (Fsp3) is 0.368. The summed E-state index contributed by atoms with van der Waals surface area (Å²) in [5.41, 5.74) is 1.27. The van der Waals surface area contributed by atoms with Gasteiger partial charge in [0, 0.05) is 13.0 Å². The lowest BCUT2D eigenvalue weighted by molar-refractivity contribution is 0.297. The van der Waals surface area contributed by atoms with Crippen LogP contribution < -0.4 is 14.4 Å². The zero-order valence-electron chi connectivity index (χ0n) is 13.9. The van der Waals surface area contributed by atoms with E-state index in [1.807, 2.05) is 6.07 Å². The number of hydrogen-bond donors (Lipinski definition) is 0. The van der Waals surface area contributed by atoms with Crippen molar-refractivity contribution in [1.29, 1.82) is 0 Å². The van der Waals surface area contributed by atoms with Crippen molar-refractivity contribution in [3.63, 3.8) is 0 Å². The molecule has 0 bridgehead atoms. The van der Waals surface area contributed by atoms with Gasteiger partial charge in [0.15, 0.2) is 11.5 Å². The van der Waals surface area contributed by atoms with Gasteiger partial charge in [0.1, 0.15) is 17.0 Å². The molecule has 1 unspecified atom stereocenters. The maximum Gasteiger partial charge on any atom is 0.161 e. The van der Waals surface area contributed by atoms with E-state index >= 15 is 0 Å². The molecule has 2 aliphatic rings. The smallest absolute Gasteiger partial charge is 0.161 e.